The quantitative estimate of drug-likeness (QED) is 0.493. The van der Waals surface area contributed by atoms with Crippen molar-refractivity contribution < 1.29 is 17.9 Å². The molecule has 0 aliphatic rings. The van der Waals surface area contributed by atoms with Crippen LogP contribution >= 0.6 is 0 Å². The second kappa shape index (κ2) is 10.5. The Balaban J connectivity index is 1.87. The molecule has 0 aromatic heterocycles. The van der Waals surface area contributed by atoms with Gasteiger partial charge in [-0.3, -0.25) is 9.10 Å². The number of hydrogen-bond acceptors (Lipinski definition) is 4. The number of benzene rings is 3. The highest BCUT2D eigenvalue weighted by atomic mass is 32.2. The summed E-state index contributed by atoms with van der Waals surface area (Å²) in [6.07, 6.45) is 0. The normalized spacial score (nSPS) is 12.1. The Morgan fingerprint density at radius 1 is 0.909 bits per heavy atom. The molecular weight excluding hydrogens is 436 g/mol. The largest absolute Gasteiger partial charge is 0.494 e. The second-order valence-electron chi connectivity index (χ2n) is 7.95. The maximum absolute atomic E-state index is 13.5. The third kappa shape index (κ3) is 6.14. The van der Waals surface area contributed by atoms with E-state index in [1.165, 1.54) is 12.1 Å². The van der Waals surface area contributed by atoms with E-state index in [0.29, 0.717) is 18.0 Å². The molecule has 0 aliphatic heterocycles. The summed E-state index contributed by atoms with van der Waals surface area (Å²) in [4.78, 5) is 13.0. The van der Waals surface area contributed by atoms with Gasteiger partial charge in [-0.1, -0.05) is 47.5 Å². The van der Waals surface area contributed by atoms with E-state index < -0.39 is 15.9 Å². The van der Waals surface area contributed by atoms with Crippen molar-refractivity contribution in [3.05, 3.63) is 89.5 Å². The summed E-state index contributed by atoms with van der Waals surface area (Å²) in [5.74, 6) is 0.196. The lowest BCUT2D eigenvalue weighted by Crippen LogP contribution is -2.41. The van der Waals surface area contributed by atoms with Crippen molar-refractivity contribution in [2.75, 3.05) is 17.5 Å². The van der Waals surface area contributed by atoms with E-state index >= 15 is 0 Å². The van der Waals surface area contributed by atoms with Crippen LogP contribution < -0.4 is 14.4 Å². The highest BCUT2D eigenvalue weighted by Gasteiger charge is 2.27. The van der Waals surface area contributed by atoms with Crippen LogP contribution in [-0.4, -0.2) is 27.5 Å². The molecule has 1 atom stereocenters. The third-order valence-electron chi connectivity index (χ3n) is 5.29. The van der Waals surface area contributed by atoms with Crippen molar-refractivity contribution >= 4 is 21.6 Å². The van der Waals surface area contributed by atoms with Crippen LogP contribution in [0.1, 0.15) is 36.6 Å². The third-order valence-corrected chi connectivity index (χ3v) is 7.07. The number of ether oxygens (including phenoxy) is 1. The van der Waals surface area contributed by atoms with E-state index in [1.54, 1.807) is 24.3 Å². The fourth-order valence-corrected chi connectivity index (χ4v) is 4.80. The maximum Gasteiger partial charge on any atom is 0.264 e. The lowest BCUT2D eigenvalue weighted by molar-refractivity contribution is -0.120. The smallest absolute Gasteiger partial charge is 0.264 e. The Labute approximate surface area is 196 Å². The molecule has 1 amide bonds. The van der Waals surface area contributed by atoms with Crippen LogP contribution in [0.2, 0.25) is 0 Å². The van der Waals surface area contributed by atoms with Crippen molar-refractivity contribution in [3.63, 3.8) is 0 Å². The standard InChI is InChI=1S/C26H30N2O4S/c1-5-32-24-14-16-25(17-15-24)33(30,31)28(23-12-8-20(3)9-13-23)18-26(29)27-21(4)22-10-6-19(2)7-11-22/h6-17,21H,5,18H2,1-4H3,(H,27,29). The molecule has 0 heterocycles. The number of amides is 1. The molecule has 174 valence electrons. The van der Waals surface area contributed by atoms with E-state index in [9.17, 15) is 13.2 Å². The minimum absolute atomic E-state index is 0.0888. The summed E-state index contributed by atoms with van der Waals surface area (Å²) in [6, 6.07) is 20.9. The van der Waals surface area contributed by atoms with Gasteiger partial charge in [0.1, 0.15) is 12.3 Å². The fraction of sp³-hybridized carbons (Fsp3) is 0.269. The highest BCUT2D eigenvalue weighted by Crippen LogP contribution is 2.26. The molecule has 6 nitrogen and oxygen atoms in total. The van der Waals surface area contributed by atoms with Crippen LogP contribution in [0.15, 0.2) is 77.7 Å². The van der Waals surface area contributed by atoms with Crippen LogP contribution in [0.5, 0.6) is 5.75 Å². The van der Waals surface area contributed by atoms with Gasteiger partial charge in [0, 0.05) is 0 Å². The lowest BCUT2D eigenvalue weighted by Gasteiger charge is -2.25. The first-order valence-electron chi connectivity index (χ1n) is 10.9. The molecule has 0 bridgehead atoms. The zero-order valence-corrected chi connectivity index (χ0v) is 20.2. The summed E-state index contributed by atoms with van der Waals surface area (Å²) in [5, 5.41) is 2.91. The van der Waals surface area contributed by atoms with Gasteiger partial charge >= 0.3 is 0 Å². The summed E-state index contributed by atoms with van der Waals surface area (Å²) >= 11 is 0. The number of nitrogens with zero attached hydrogens (tertiary/aromatic N) is 1. The van der Waals surface area contributed by atoms with Gasteiger partial charge in [0.05, 0.1) is 23.2 Å². The van der Waals surface area contributed by atoms with Crippen LogP contribution in [0.4, 0.5) is 5.69 Å². The van der Waals surface area contributed by atoms with Crippen LogP contribution in [-0.2, 0) is 14.8 Å². The number of rotatable bonds is 9. The van der Waals surface area contributed by atoms with Gasteiger partial charge < -0.3 is 10.1 Å². The zero-order valence-electron chi connectivity index (χ0n) is 19.4. The molecule has 1 unspecified atom stereocenters. The molecule has 0 aliphatic carbocycles. The maximum atomic E-state index is 13.5. The number of carbonyl (C=O) groups excluding carboxylic acids is 1. The van der Waals surface area contributed by atoms with Crippen LogP contribution in [0.3, 0.4) is 0 Å². The van der Waals surface area contributed by atoms with E-state index in [-0.39, 0.29) is 17.5 Å². The van der Waals surface area contributed by atoms with Crippen LogP contribution in [0.25, 0.3) is 0 Å². The molecule has 3 aromatic carbocycles. The topological polar surface area (TPSA) is 75.7 Å². The van der Waals surface area contributed by atoms with Crippen molar-refractivity contribution in [1.82, 2.24) is 5.32 Å². The van der Waals surface area contributed by atoms with E-state index in [2.05, 4.69) is 5.32 Å². The van der Waals surface area contributed by atoms with Gasteiger partial charge in [-0.25, -0.2) is 8.42 Å². The van der Waals surface area contributed by atoms with Gasteiger partial charge in [-0.05, 0) is 69.7 Å². The van der Waals surface area contributed by atoms with Crippen molar-refractivity contribution in [2.24, 2.45) is 0 Å². The predicted molar refractivity (Wildman–Crippen MR) is 131 cm³/mol. The monoisotopic (exact) mass is 466 g/mol. The molecule has 0 saturated heterocycles. The number of anilines is 1. The predicted octanol–water partition coefficient (Wildman–Crippen LogP) is 4.77. The number of carbonyl (C=O) groups is 1. The molecule has 0 fully saturated rings. The number of aryl methyl sites for hydroxylation is 2. The highest BCUT2D eigenvalue weighted by molar-refractivity contribution is 7.92. The minimum atomic E-state index is -3.98. The van der Waals surface area contributed by atoms with Crippen molar-refractivity contribution in [3.8, 4) is 5.75 Å². The van der Waals surface area contributed by atoms with E-state index in [0.717, 1.165) is 21.0 Å². The number of nitrogens with one attached hydrogen (secondary N) is 1. The first-order chi connectivity index (χ1) is 15.7. The summed E-state index contributed by atoms with van der Waals surface area (Å²) in [5.41, 5.74) is 3.50. The average Bonchev–Trinajstić information content (AvgIpc) is 2.79. The Kier molecular flexibility index (Phi) is 7.76. The summed E-state index contributed by atoms with van der Waals surface area (Å²) < 4.78 is 33.6. The Morgan fingerprint density at radius 2 is 1.45 bits per heavy atom. The second-order valence-corrected chi connectivity index (χ2v) is 9.81. The van der Waals surface area contributed by atoms with Gasteiger partial charge in [0.25, 0.3) is 10.0 Å². The Morgan fingerprint density at radius 3 is 2.00 bits per heavy atom. The first-order valence-corrected chi connectivity index (χ1v) is 12.3. The van der Waals surface area contributed by atoms with Crippen molar-refractivity contribution in [1.29, 1.82) is 0 Å². The van der Waals surface area contributed by atoms with Crippen LogP contribution in [0, 0.1) is 13.8 Å². The molecule has 3 aromatic rings. The van der Waals surface area contributed by atoms with Gasteiger partial charge in [0.2, 0.25) is 5.91 Å². The first kappa shape index (κ1) is 24.3. The Hall–Kier alpha value is -3.32. The molecular formula is C26H30N2O4S. The van der Waals surface area contributed by atoms with Crippen molar-refractivity contribution in [2.45, 2.75) is 38.6 Å². The fourth-order valence-electron chi connectivity index (χ4n) is 3.38. The molecule has 0 radical (unpaired) electrons. The SMILES string of the molecule is CCOc1ccc(S(=O)(=O)N(CC(=O)NC(C)c2ccc(C)cc2)c2ccc(C)cc2)cc1. The van der Waals surface area contributed by atoms with Gasteiger partial charge in [-0.15, -0.1) is 0 Å². The molecule has 0 saturated carbocycles. The number of hydrogen-bond donors (Lipinski definition) is 1. The molecule has 33 heavy (non-hydrogen) atoms. The lowest BCUT2D eigenvalue weighted by atomic mass is 10.1. The summed E-state index contributed by atoms with van der Waals surface area (Å²) in [7, 11) is -3.98. The Bertz CT molecular complexity index is 1170. The molecule has 0 spiro atoms. The van der Waals surface area contributed by atoms with E-state index in [4.69, 9.17) is 4.74 Å². The zero-order chi connectivity index (χ0) is 24.0. The molecule has 1 N–H and O–H groups in total. The van der Waals surface area contributed by atoms with E-state index in [1.807, 2.05) is 64.1 Å². The minimum Gasteiger partial charge on any atom is -0.494 e. The summed E-state index contributed by atoms with van der Waals surface area (Å²) in [6.45, 7) is 7.80. The molecule has 3 rings (SSSR count). The number of sulfonamides is 1. The van der Waals surface area contributed by atoms with Gasteiger partial charge in [-0.2, -0.15) is 0 Å². The average molecular weight is 467 g/mol. The molecule has 7 heteroatoms. The van der Waals surface area contributed by atoms with Gasteiger partial charge in [0.15, 0.2) is 0 Å².